The fraction of sp³-hybridized carbons (Fsp3) is 0.143. The second-order valence-electron chi connectivity index (χ2n) is 6.51. The Kier molecular flexibility index (Phi) is 11.2. The molecule has 0 N–H and O–H groups in total. The van der Waals surface area contributed by atoms with Crippen LogP contribution < -0.4 is 8.44 Å². The van der Waals surface area contributed by atoms with Gasteiger partial charge in [-0.15, -0.1) is 0 Å². The second kappa shape index (κ2) is 12.7. The third kappa shape index (κ3) is 10.4. The van der Waals surface area contributed by atoms with Crippen LogP contribution in [0.5, 0.6) is 17.2 Å². The van der Waals surface area contributed by atoms with Crippen LogP contribution in [-0.2, 0) is 35.9 Å². The van der Waals surface area contributed by atoms with Crippen LogP contribution in [0.2, 0.25) is 0 Å². The summed E-state index contributed by atoms with van der Waals surface area (Å²) in [7, 11) is 29.5. The fourth-order valence-corrected chi connectivity index (χ4v) is 9.52. The number of benzene rings is 3. The van der Waals surface area contributed by atoms with Crippen molar-refractivity contribution >= 4 is 42.6 Å². The van der Waals surface area contributed by atoms with Crippen LogP contribution >= 0.6 is 42.6 Å². The monoisotopic (exact) mass is 676 g/mol. The van der Waals surface area contributed by atoms with E-state index in [-0.39, 0.29) is 0 Å². The zero-order chi connectivity index (χ0) is 23.1. The molecule has 0 fully saturated rings. The summed E-state index contributed by atoms with van der Waals surface area (Å²) >= 11 is -7.78. The molecule has 3 aromatic carbocycles. The molecule has 0 aliphatic heterocycles. The summed E-state index contributed by atoms with van der Waals surface area (Å²) in [6.45, 7) is 5.80. The van der Waals surface area contributed by atoms with Gasteiger partial charge in [0.05, 0.1) is 0 Å². The summed E-state index contributed by atoms with van der Waals surface area (Å²) in [5.74, 6) is 2.03. The number of rotatable bonds is 6. The number of halogens is 5. The van der Waals surface area contributed by atoms with Crippen molar-refractivity contribution in [3.05, 3.63) is 89.5 Å². The standard InChI is InChI=1S/3C7H8O.5ClH.2Zr/c3*1-6-4-2-3-5-7(6)8;;;;;;;/h3*2-5,8H,1H3;5*1H;;/q;;;;;;;;2*+4/p-8. The van der Waals surface area contributed by atoms with Gasteiger partial charge in [0.15, 0.2) is 0 Å². The molecule has 0 bridgehead atoms. The van der Waals surface area contributed by atoms with Crippen molar-refractivity contribution in [1.29, 1.82) is 0 Å². The van der Waals surface area contributed by atoms with Crippen molar-refractivity contribution in [2.45, 2.75) is 20.8 Å². The Bertz CT molecular complexity index is 947. The molecule has 10 heteroatoms. The van der Waals surface area contributed by atoms with Crippen LogP contribution in [0.1, 0.15) is 16.7 Å². The van der Waals surface area contributed by atoms with Crippen molar-refractivity contribution in [2.24, 2.45) is 0 Å². The summed E-state index contributed by atoms with van der Waals surface area (Å²) < 4.78 is 16.7. The predicted molar refractivity (Wildman–Crippen MR) is 125 cm³/mol. The molecule has 3 rings (SSSR count). The Labute approximate surface area is 211 Å². The first kappa shape index (κ1) is 27.5. The van der Waals surface area contributed by atoms with Crippen molar-refractivity contribution in [3.63, 3.8) is 0 Å². The molecular formula is C21H21Cl5O3Zr2. The van der Waals surface area contributed by atoms with E-state index in [9.17, 15) is 0 Å². The molecule has 0 heterocycles. The molecule has 0 aromatic heterocycles. The maximum absolute atomic E-state index is 6.28. The second-order valence-corrected chi connectivity index (χ2v) is 32.4. The van der Waals surface area contributed by atoms with Crippen LogP contribution in [0.3, 0.4) is 0 Å². The van der Waals surface area contributed by atoms with Gasteiger partial charge in [-0.2, -0.15) is 0 Å². The van der Waals surface area contributed by atoms with Gasteiger partial charge in [-0.3, -0.25) is 0 Å². The van der Waals surface area contributed by atoms with Gasteiger partial charge in [0.1, 0.15) is 0 Å². The zero-order valence-corrected chi connectivity index (χ0v) is 25.7. The van der Waals surface area contributed by atoms with Gasteiger partial charge < -0.3 is 0 Å². The van der Waals surface area contributed by atoms with Crippen molar-refractivity contribution in [3.8, 4) is 17.2 Å². The van der Waals surface area contributed by atoms with E-state index in [1.807, 2.05) is 87.5 Å². The molecule has 0 atom stereocenters. The third-order valence-corrected chi connectivity index (χ3v) is 10.5. The molecule has 3 aromatic rings. The van der Waals surface area contributed by atoms with E-state index in [0.717, 1.165) is 16.7 Å². The quantitative estimate of drug-likeness (QED) is 0.260. The topological polar surface area (TPSA) is 27.7 Å². The molecule has 0 saturated heterocycles. The van der Waals surface area contributed by atoms with Gasteiger partial charge in [0, 0.05) is 0 Å². The average Bonchev–Trinajstić information content (AvgIpc) is 2.67. The van der Waals surface area contributed by atoms with Crippen LogP contribution in [0.4, 0.5) is 0 Å². The SMILES string of the molecule is Cc1ccccc1[O][Zr]([Cl])([Cl])[Cl].Cc1ccccc1[O][Zr]([Cl])([Cl])[O]c1ccccc1C. The molecule has 0 unspecified atom stereocenters. The number of aryl methyl sites for hydroxylation is 3. The Morgan fingerprint density at radius 2 is 0.774 bits per heavy atom. The Hall–Kier alpha value is 0.276. The molecule has 0 saturated carbocycles. The molecule has 0 spiro atoms. The first-order chi connectivity index (χ1) is 14.5. The Balaban J connectivity index is 0.000000245. The number of hydrogen-bond acceptors (Lipinski definition) is 3. The molecule has 166 valence electrons. The van der Waals surface area contributed by atoms with E-state index in [1.54, 1.807) is 6.07 Å². The zero-order valence-electron chi connectivity index (χ0n) is 17.0. The number of hydrogen-bond donors (Lipinski definition) is 0. The molecule has 0 amide bonds. The fourth-order valence-electron chi connectivity index (χ4n) is 2.41. The predicted octanol–water partition coefficient (Wildman–Crippen LogP) is 8.96. The van der Waals surface area contributed by atoms with Crippen LogP contribution in [-0.4, -0.2) is 0 Å². The number of para-hydroxylation sites is 3. The first-order valence-corrected chi connectivity index (χ1v) is 28.0. The van der Waals surface area contributed by atoms with E-state index in [4.69, 9.17) is 51.0 Å². The average molecular weight is 681 g/mol. The van der Waals surface area contributed by atoms with Gasteiger partial charge >= 0.3 is 214 Å². The van der Waals surface area contributed by atoms with E-state index in [1.165, 1.54) is 0 Å². The van der Waals surface area contributed by atoms with Crippen molar-refractivity contribution < 1.29 is 44.3 Å². The van der Waals surface area contributed by atoms with Gasteiger partial charge in [-0.1, -0.05) is 0 Å². The Morgan fingerprint density at radius 1 is 0.484 bits per heavy atom. The minimum absolute atomic E-state index is 0.674. The van der Waals surface area contributed by atoms with Crippen LogP contribution in [0.25, 0.3) is 0 Å². The summed E-state index contributed by atoms with van der Waals surface area (Å²) in [5, 5.41) is 0. The van der Waals surface area contributed by atoms with E-state index in [2.05, 4.69) is 0 Å². The van der Waals surface area contributed by atoms with Crippen LogP contribution in [0.15, 0.2) is 72.8 Å². The van der Waals surface area contributed by atoms with Gasteiger partial charge in [-0.05, 0) is 0 Å². The molecular weight excluding hydrogens is 660 g/mol. The normalized spacial score (nSPS) is 11.2. The van der Waals surface area contributed by atoms with Gasteiger partial charge in [0.25, 0.3) is 0 Å². The first-order valence-electron chi connectivity index (χ1n) is 9.15. The molecule has 31 heavy (non-hydrogen) atoms. The maximum atomic E-state index is 6.28. The molecule has 3 nitrogen and oxygen atoms in total. The minimum atomic E-state index is -4.09. The molecule has 0 aliphatic carbocycles. The summed E-state index contributed by atoms with van der Waals surface area (Å²) in [6.07, 6.45) is 0. The molecule has 0 aliphatic rings. The van der Waals surface area contributed by atoms with E-state index in [0.29, 0.717) is 17.2 Å². The molecule has 0 radical (unpaired) electrons. The summed E-state index contributed by atoms with van der Waals surface area (Å²) in [4.78, 5) is 0. The van der Waals surface area contributed by atoms with Crippen LogP contribution in [0, 0.1) is 20.8 Å². The Morgan fingerprint density at radius 3 is 1.06 bits per heavy atom. The summed E-state index contributed by atoms with van der Waals surface area (Å²) in [6, 6.07) is 22.7. The van der Waals surface area contributed by atoms with E-state index >= 15 is 0 Å². The summed E-state index contributed by atoms with van der Waals surface area (Å²) in [5.41, 5.74) is 2.96. The van der Waals surface area contributed by atoms with Crippen molar-refractivity contribution in [1.82, 2.24) is 0 Å². The van der Waals surface area contributed by atoms with Gasteiger partial charge in [-0.25, -0.2) is 0 Å². The third-order valence-electron chi connectivity index (χ3n) is 3.96. The van der Waals surface area contributed by atoms with Crippen molar-refractivity contribution in [2.75, 3.05) is 0 Å². The van der Waals surface area contributed by atoms with E-state index < -0.39 is 35.9 Å². The van der Waals surface area contributed by atoms with Gasteiger partial charge in [0.2, 0.25) is 0 Å².